The Morgan fingerprint density at radius 2 is 1.49 bits per heavy atom. The van der Waals surface area contributed by atoms with Crippen molar-refractivity contribution in [1.29, 1.82) is 0 Å². The van der Waals surface area contributed by atoms with Crippen molar-refractivity contribution in [2.75, 3.05) is 0 Å². The number of likely N-dealkylation sites (tertiary alicyclic amines) is 1. The van der Waals surface area contributed by atoms with E-state index in [4.69, 9.17) is 0 Å². The number of hydrogen-bond donors (Lipinski definition) is 0. The zero-order chi connectivity index (χ0) is 24.5. The Morgan fingerprint density at radius 3 is 2.20 bits per heavy atom. The molecular formula is C30H28N2O3. The van der Waals surface area contributed by atoms with Gasteiger partial charge in [-0.3, -0.25) is 14.4 Å². The fourth-order valence-electron chi connectivity index (χ4n) is 6.74. The molecule has 1 saturated heterocycles. The summed E-state index contributed by atoms with van der Waals surface area (Å²) in [7, 11) is 0. The number of Topliss-reactive ketones (excluding diaryl/α,β-unsaturated/α-hetero) is 1. The van der Waals surface area contributed by atoms with Crippen molar-refractivity contribution in [2.24, 2.45) is 0 Å². The molecule has 0 unspecified atom stereocenters. The predicted octanol–water partition coefficient (Wildman–Crippen LogP) is 4.59. The highest BCUT2D eigenvalue weighted by Crippen LogP contribution is 2.57. The molecule has 2 amide bonds. The summed E-state index contributed by atoms with van der Waals surface area (Å²) in [5.74, 6) is -0.213. The van der Waals surface area contributed by atoms with Crippen molar-refractivity contribution in [2.45, 2.75) is 56.8 Å². The zero-order valence-corrected chi connectivity index (χ0v) is 20.2. The first-order valence-corrected chi connectivity index (χ1v) is 12.2. The standard InChI is InChI=1S/C30H28N2O3/c1-29(2,3)32-25-17-24(33)21-14-8-10-16-23(21)30(25)22-15-9-7-13-20(22)18-31(26(30)28(32)35)27(34)19-11-5-4-6-12-19/h4-16,25-26H,17-18H2,1-3H3/t25-,26-,30+/m1/s1. The minimum Gasteiger partial charge on any atom is -0.331 e. The maximum atomic E-state index is 14.4. The highest BCUT2D eigenvalue weighted by atomic mass is 16.2. The van der Waals surface area contributed by atoms with E-state index in [1.165, 1.54) is 0 Å². The maximum Gasteiger partial charge on any atom is 0.254 e. The van der Waals surface area contributed by atoms with Gasteiger partial charge < -0.3 is 9.80 Å². The first kappa shape index (κ1) is 21.8. The van der Waals surface area contributed by atoms with Crippen LogP contribution in [-0.4, -0.2) is 45.0 Å². The van der Waals surface area contributed by atoms with Crippen molar-refractivity contribution in [3.8, 4) is 0 Å². The van der Waals surface area contributed by atoms with Crippen LogP contribution < -0.4 is 0 Å². The number of fused-ring (bicyclic) bond motifs is 2. The Kier molecular flexibility index (Phi) is 4.59. The van der Waals surface area contributed by atoms with Gasteiger partial charge in [0.05, 0.1) is 11.5 Å². The molecule has 5 nitrogen and oxygen atoms in total. The summed E-state index contributed by atoms with van der Waals surface area (Å²) >= 11 is 0. The molecule has 3 atom stereocenters. The van der Waals surface area contributed by atoms with Crippen LogP contribution in [-0.2, 0) is 16.8 Å². The van der Waals surface area contributed by atoms with E-state index in [2.05, 4.69) is 6.07 Å². The summed E-state index contributed by atoms with van der Waals surface area (Å²) in [5, 5.41) is 0. The molecule has 2 aliphatic heterocycles. The van der Waals surface area contributed by atoms with E-state index in [9.17, 15) is 14.4 Å². The van der Waals surface area contributed by atoms with E-state index in [-0.39, 0.29) is 30.1 Å². The lowest BCUT2D eigenvalue weighted by atomic mass is 9.58. The van der Waals surface area contributed by atoms with Gasteiger partial charge in [0.2, 0.25) is 5.91 Å². The zero-order valence-electron chi connectivity index (χ0n) is 20.2. The fourth-order valence-corrected chi connectivity index (χ4v) is 6.74. The maximum absolute atomic E-state index is 14.4. The van der Waals surface area contributed by atoms with Crippen LogP contribution in [0.4, 0.5) is 0 Å². The van der Waals surface area contributed by atoms with Crippen LogP contribution in [0.3, 0.4) is 0 Å². The number of amides is 2. The molecule has 1 spiro atoms. The quantitative estimate of drug-likeness (QED) is 0.529. The van der Waals surface area contributed by atoms with Crippen LogP contribution in [0.1, 0.15) is 64.6 Å². The van der Waals surface area contributed by atoms with Gasteiger partial charge in [0, 0.05) is 29.6 Å². The highest BCUT2D eigenvalue weighted by molar-refractivity contribution is 6.06. The van der Waals surface area contributed by atoms with Gasteiger partial charge in [-0.1, -0.05) is 66.7 Å². The monoisotopic (exact) mass is 464 g/mol. The highest BCUT2D eigenvalue weighted by Gasteiger charge is 2.69. The van der Waals surface area contributed by atoms with Crippen LogP contribution in [0.5, 0.6) is 0 Å². The third-order valence-electron chi connectivity index (χ3n) is 7.91. The molecule has 0 N–H and O–H groups in total. The fraction of sp³-hybridized carbons (Fsp3) is 0.300. The molecule has 176 valence electrons. The first-order valence-electron chi connectivity index (χ1n) is 12.2. The van der Waals surface area contributed by atoms with Crippen molar-refractivity contribution >= 4 is 17.6 Å². The van der Waals surface area contributed by atoms with Crippen LogP contribution in [0.15, 0.2) is 78.9 Å². The Labute approximate surface area is 205 Å². The molecule has 3 aliphatic rings. The molecule has 1 aliphatic carbocycles. The third-order valence-corrected chi connectivity index (χ3v) is 7.91. The van der Waals surface area contributed by atoms with Gasteiger partial charge in [0.15, 0.2) is 5.78 Å². The van der Waals surface area contributed by atoms with E-state index >= 15 is 0 Å². The van der Waals surface area contributed by atoms with Crippen LogP contribution >= 0.6 is 0 Å². The second-order valence-corrected chi connectivity index (χ2v) is 10.8. The minimum atomic E-state index is -0.825. The average Bonchev–Trinajstić information content (AvgIpc) is 3.13. The summed E-state index contributed by atoms with van der Waals surface area (Å²) in [6.45, 7) is 6.38. The van der Waals surface area contributed by atoms with Crippen molar-refractivity contribution in [3.63, 3.8) is 0 Å². The van der Waals surface area contributed by atoms with E-state index in [1.54, 1.807) is 17.0 Å². The second kappa shape index (κ2) is 7.38. The minimum absolute atomic E-state index is 0.0444. The van der Waals surface area contributed by atoms with Gasteiger partial charge in [0.25, 0.3) is 5.91 Å². The first-order chi connectivity index (χ1) is 16.8. The molecule has 3 aromatic carbocycles. The number of carbonyl (C=O) groups is 3. The molecule has 5 heteroatoms. The largest absolute Gasteiger partial charge is 0.331 e. The Hall–Kier alpha value is -3.73. The third kappa shape index (κ3) is 2.84. The number of benzene rings is 3. The number of hydrogen-bond acceptors (Lipinski definition) is 3. The van der Waals surface area contributed by atoms with E-state index < -0.39 is 17.0 Å². The van der Waals surface area contributed by atoms with Crippen molar-refractivity contribution in [1.82, 2.24) is 9.80 Å². The van der Waals surface area contributed by atoms with Crippen molar-refractivity contribution < 1.29 is 14.4 Å². The van der Waals surface area contributed by atoms with Gasteiger partial charge in [0.1, 0.15) is 6.04 Å². The molecule has 0 radical (unpaired) electrons. The lowest BCUT2D eigenvalue weighted by molar-refractivity contribution is -0.137. The summed E-state index contributed by atoms with van der Waals surface area (Å²) in [6, 6.07) is 23.8. The Morgan fingerprint density at radius 1 is 0.857 bits per heavy atom. The molecule has 35 heavy (non-hydrogen) atoms. The molecule has 6 rings (SSSR count). The summed E-state index contributed by atoms with van der Waals surface area (Å²) in [5.41, 5.74) is 2.78. The van der Waals surface area contributed by atoms with E-state index in [0.717, 1.165) is 16.7 Å². The summed E-state index contributed by atoms with van der Waals surface area (Å²) in [4.78, 5) is 45.5. The van der Waals surface area contributed by atoms with Gasteiger partial charge >= 0.3 is 0 Å². The normalized spacial score (nSPS) is 25.0. The summed E-state index contributed by atoms with van der Waals surface area (Å²) < 4.78 is 0. The predicted molar refractivity (Wildman–Crippen MR) is 133 cm³/mol. The number of carbonyl (C=O) groups excluding carboxylic acids is 3. The number of rotatable bonds is 1. The Bertz CT molecular complexity index is 1370. The van der Waals surface area contributed by atoms with Crippen molar-refractivity contribution in [3.05, 3.63) is 107 Å². The second-order valence-electron chi connectivity index (χ2n) is 10.8. The number of nitrogens with zero attached hydrogens (tertiary/aromatic N) is 2. The SMILES string of the molecule is CC(C)(C)N1C(=O)[C@H]2N(C(=O)c3ccccc3)Cc3ccccc3[C@@]23c2ccccc2C(=O)C[C@@H]13. The average molecular weight is 465 g/mol. The molecular weight excluding hydrogens is 436 g/mol. The van der Waals surface area contributed by atoms with Gasteiger partial charge in [-0.05, 0) is 49.6 Å². The molecule has 0 bridgehead atoms. The van der Waals surface area contributed by atoms with E-state index in [1.807, 2.05) is 86.3 Å². The number of ketones is 1. The Balaban J connectivity index is 1.69. The molecule has 3 aromatic rings. The topological polar surface area (TPSA) is 57.7 Å². The summed E-state index contributed by atoms with van der Waals surface area (Å²) in [6.07, 6.45) is 0.234. The molecule has 0 aromatic heterocycles. The van der Waals surface area contributed by atoms with Gasteiger partial charge in [-0.15, -0.1) is 0 Å². The lowest BCUT2D eigenvalue weighted by Gasteiger charge is -2.51. The molecule has 1 fully saturated rings. The van der Waals surface area contributed by atoms with Gasteiger partial charge in [-0.2, -0.15) is 0 Å². The van der Waals surface area contributed by atoms with Gasteiger partial charge in [-0.25, -0.2) is 0 Å². The smallest absolute Gasteiger partial charge is 0.254 e. The lowest BCUT2D eigenvalue weighted by Crippen LogP contribution is -2.61. The van der Waals surface area contributed by atoms with Crippen LogP contribution in [0, 0.1) is 0 Å². The molecule has 0 saturated carbocycles. The van der Waals surface area contributed by atoms with Crippen LogP contribution in [0.2, 0.25) is 0 Å². The van der Waals surface area contributed by atoms with E-state index in [0.29, 0.717) is 17.7 Å². The van der Waals surface area contributed by atoms with Crippen LogP contribution in [0.25, 0.3) is 0 Å². The molecule has 2 heterocycles.